The molecule has 128 valence electrons. The van der Waals surface area contributed by atoms with Gasteiger partial charge in [-0.3, -0.25) is 4.79 Å². The maximum atomic E-state index is 11.8. The van der Waals surface area contributed by atoms with Gasteiger partial charge in [-0.05, 0) is 30.0 Å². The van der Waals surface area contributed by atoms with E-state index in [0.29, 0.717) is 11.7 Å². The van der Waals surface area contributed by atoms with Gasteiger partial charge >= 0.3 is 0 Å². The van der Waals surface area contributed by atoms with Crippen molar-refractivity contribution in [3.63, 3.8) is 0 Å². The van der Waals surface area contributed by atoms with Crippen molar-refractivity contribution in [3.05, 3.63) is 101 Å². The Labute approximate surface area is 149 Å². The van der Waals surface area contributed by atoms with Gasteiger partial charge in [0.1, 0.15) is 5.75 Å². The number of ketones is 1. The summed E-state index contributed by atoms with van der Waals surface area (Å²) in [6, 6.07) is 24.4. The van der Waals surface area contributed by atoms with Crippen LogP contribution in [0.5, 0.6) is 5.75 Å². The molecule has 0 aliphatic carbocycles. The van der Waals surface area contributed by atoms with Crippen LogP contribution in [0.25, 0.3) is 0 Å². The zero-order valence-corrected chi connectivity index (χ0v) is 14.9. The molecule has 0 aliphatic rings. The Morgan fingerprint density at radius 3 is 1.68 bits per heavy atom. The van der Waals surface area contributed by atoms with Crippen LogP contribution >= 0.6 is 0 Å². The highest BCUT2D eigenvalue weighted by molar-refractivity contribution is 6.08. The van der Waals surface area contributed by atoms with Crippen LogP contribution in [-0.2, 0) is 0 Å². The Kier molecular flexibility index (Phi) is 6.53. The molecule has 0 aromatic heterocycles. The third kappa shape index (κ3) is 5.32. The zero-order valence-electron chi connectivity index (χ0n) is 14.9. The molecule has 1 N–H and O–H groups in total. The summed E-state index contributed by atoms with van der Waals surface area (Å²) in [5, 5.41) is 9.46. The average Bonchev–Trinajstić information content (AvgIpc) is 2.63. The maximum Gasteiger partial charge on any atom is 0.193 e. The number of hydrogen-bond acceptors (Lipinski definition) is 2. The van der Waals surface area contributed by atoms with E-state index >= 15 is 0 Å². The van der Waals surface area contributed by atoms with E-state index in [1.165, 1.54) is 0 Å². The smallest absolute Gasteiger partial charge is 0.193 e. The highest BCUT2D eigenvalue weighted by Gasteiger charge is 2.06. The van der Waals surface area contributed by atoms with Crippen LogP contribution in [0.4, 0.5) is 0 Å². The van der Waals surface area contributed by atoms with E-state index in [9.17, 15) is 9.90 Å². The molecule has 0 unspecified atom stereocenters. The molecule has 0 bridgehead atoms. The summed E-state index contributed by atoms with van der Waals surface area (Å²) in [7, 11) is 0. The number of benzene rings is 3. The maximum absolute atomic E-state index is 11.8. The van der Waals surface area contributed by atoms with Crippen LogP contribution < -0.4 is 0 Å². The van der Waals surface area contributed by atoms with Crippen LogP contribution in [0.1, 0.15) is 46.8 Å². The van der Waals surface area contributed by atoms with Gasteiger partial charge in [-0.2, -0.15) is 0 Å². The lowest BCUT2D eigenvalue weighted by Gasteiger charge is -2.07. The van der Waals surface area contributed by atoms with Crippen LogP contribution in [0.15, 0.2) is 78.9 Å². The van der Waals surface area contributed by atoms with Gasteiger partial charge in [0.05, 0.1) is 0 Å². The lowest BCUT2D eigenvalue weighted by molar-refractivity contribution is 0.103. The minimum Gasteiger partial charge on any atom is -0.508 e. The number of rotatable bonds is 3. The standard InChI is InChI=1S/C13H10O.C10H14O/c14-13(11-7-3-1-4-8-11)12-9-5-2-6-10-12;1-7(2)9-5-4-8(3)6-10(9)11/h1-10H;4-7,11H,1-3H3. The van der Waals surface area contributed by atoms with Crippen LogP contribution in [-0.4, -0.2) is 10.9 Å². The van der Waals surface area contributed by atoms with Gasteiger partial charge < -0.3 is 5.11 Å². The van der Waals surface area contributed by atoms with Gasteiger partial charge in [0.15, 0.2) is 5.78 Å². The molecular formula is C23H24O2. The van der Waals surface area contributed by atoms with E-state index in [-0.39, 0.29) is 5.78 Å². The summed E-state index contributed by atoms with van der Waals surface area (Å²) in [6.45, 7) is 6.12. The van der Waals surface area contributed by atoms with Crippen molar-refractivity contribution in [1.82, 2.24) is 0 Å². The fraction of sp³-hybridized carbons (Fsp3) is 0.174. The first-order valence-corrected chi connectivity index (χ1v) is 8.43. The predicted octanol–water partition coefficient (Wildman–Crippen LogP) is 5.74. The first-order chi connectivity index (χ1) is 12.0. The van der Waals surface area contributed by atoms with E-state index in [1.807, 2.05) is 79.7 Å². The topological polar surface area (TPSA) is 37.3 Å². The number of carbonyl (C=O) groups excluding carboxylic acids is 1. The molecule has 3 aromatic carbocycles. The van der Waals surface area contributed by atoms with Crippen molar-refractivity contribution >= 4 is 5.78 Å². The Morgan fingerprint density at radius 1 is 0.800 bits per heavy atom. The predicted molar refractivity (Wildman–Crippen MR) is 103 cm³/mol. The first kappa shape index (κ1) is 18.5. The molecule has 0 heterocycles. The SMILES string of the molecule is Cc1ccc(C(C)C)c(O)c1.O=C(c1ccccc1)c1ccccc1. The fourth-order valence-electron chi connectivity index (χ4n) is 2.49. The van der Waals surface area contributed by atoms with Gasteiger partial charge in [0, 0.05) is 11.1 Å². The van der Waals surface area contributed by atoms with Crippen molar-refractivity contribution in [3.8, 4) is 5.75 Å². The molecular weight excluding hydrogens is 308 g/mol. The quantitative estimate of drug-likeness (QED) is 0.621. The first-order valence-electron chi connectivity index (χ1n) is 8.43. The van der Waals surface area contributed by atoms with Gasteiger partial charge in [-0.15, -0.1) is 0 Å². The normalized spacial score (nSPS) is 10.1. The molecule has 0 aliphatic heterocycles. The van der Waals surface area contributed by atoms with Crippen LogP contribution in [0.2, 0.25) is 0 Å². The Balaban J connectivity index is 0.000000186. The Morgan fingerprint density at radius 2 is 1.28 bits per heavy atom. The molecule has 0 radical (unpaired) electrons. The van der Waals surface area contributed by atoms with E-state index in [1.54, 1.807) is 6.07 Å². The molecule has 0 saturated heterocycles. The van der Waals surface area contributed by atoms with Crippen molar-refractivity contribution in [2.45, 2.75) is 26.7 Å². The minimum atomic E-state index is 0.0752. The molecule has 25 heavy (non-hydrogen) atoms. The highest BCUT2D eigenvalue weighted by Crippen LogP contribution is 2.25. The van der Waals surface area contributed by atoms with E-state index in [4.69, 9.17) is 0 Å². The fourth-order valence-corrected chi connectivity index (χ4v) is 2.49. The summed E-state index contributed by atoms with van der Waals surface area (Å²) >= 11 is 0. The summed E-state index contributed by atoms with van der Waals surface area (Å²) in [6.07, 6.45) is 0. The molecule has 0 atom stereocenters. The summed E-state index contributed by atoms with van der Waals surface area (Å²) in [4.78, 5) is 11.8. The summed E-state index contributed by atoms with van der Waals surface area (Å²) in [5.74, 6) is 0.891. The third-order valence-corrected chi connectivity index (χ3v) is 3.88. The number of carbonyl (C=O) groups is 1. The third-order valence-electron chi connectivity index (χ3n) is 3.88. The summed E-state index contributed by atoms with van der Waals surface area (Å²) < 4.78 is 0. The monoisotopic (exact) mass is 332 g/mol. The molecule has 0 saturated carbocycles. The van der Waals surface area contributed by atoms with E-state index in [0.717, 1.165) is 22.3 Å². The number of phenolic OH excluding ortho intramolecular Hbond substituents is 1. The van der Waals surface area contributed by atoms with Crippen molar-refractivity contribution < 1.29 is 9.90 Å². The molecule has 3 aromatic rings. The minimum absolute atomic E-state index is 0.0752. The van der Waals surface area contributed by atoms with Gasteiger partial charge in [-0.25, -0.2) is 0 Å². The van der Waals surface area contributed by atoms with Gasteiger partial charge in [-0.1, -0.05) is 86.6 Å². The van der Waals surface area contributed by atoms with E-state index < -0.39 is 0 Å². The molecule has 0 fully saturated rings. The highest BCUT2D eigenvalue weighted by atomic mass is 16.3. The zero-order chi connectivity index (χ0) is 18.2. The lowest BCUT2D eigenvalue weighted by Crippen LogP contribution is -1.99. The molecule has 0 spiro atoms. The largest absolute Gasteiger partial charge is 0.508 e. The second-order valence-corrected chi connectivity index (χ2v) is 6.28. The Bertz CT molecular complexity index is 765. The van der Waals surface area contributed by atoms with Crippen LogP contribution in [0, 0.1) is 6.92 Å². The second kappa shape index (κ2) is 8.84. The number of hydrogen-bond donors (Lipinski definition) is 1. The molecule has 0 amide bonds. The molecule has 2 heteroatoms. The second-order valence-electron chi connectivity index (χ2n) is 6.28. The lowest BCUT2D eigenvalue weighted by atomic mass is 10.0. The Hall–Kier alpha value is -2.87. The van der Waals surface area contributed by atoms with Crippen molar-refractivity contribution in [1.29, 1.82) is 0 Å². The van der Waals surface area contributed by atoms with Gasteiger partial charge in [0.25, 0.3) is 0 Å². The van der Waals surface area contributed by atoms with E-state index in [2.05, 4.69) is 13.8 Å². The average molecular weight is 332 g/mol. The number of phenols is 1. The van der Waals surface area contributed by atoms with Gasteiger partial charge in [0.2, 0.25) is 0 Å². The van der Waals surface area contributed by atoms with Crippen LogP contribution in [0.3, 0.4) is 0 Å². The van der Waals surface area contributed by atoms with Crippen molar-refractivity contribution in [2.75, 3.05) is 0 Å². The number of aromatic hydroxyl groups is 1. The van der Waals surface area contributed by atoms with Crippen molar-refractivity contribution in [2.24, 2.45) is 0 Å². The summed E-state index contributed by atoms with van der Waals surface area (Å²) in [5.41, 5.74) is 3.60. The molecule has 2 nitrogen and oxygen atoms in total. The number of aryl methyl sites for hydroxylation is 1. The molecule has 3 rings (SSSR count).